The van der Waals surface area contributed by atoms with E-state index in [1.807, 2.05) is 25.6 Å². The maximum Gasteiger partial charge on any atom is 0.220 e. The monoisotopic (exact) mass is 230 g/mol. The largest absolute Gasteiger partial charge is 0.355 e. The molecule has 0 unspecified atom stereocenters. The van der Waals surface area contributed by atoms with E-state index in [2.05, 4.69) is 11.6 Å². The molecule has 0 bridgehead atoms. The normalized spacial score (nSPS) is 18.7. The summed E-state index contributed by atoms with van der Waals surface area (Å²) in [6, 6.07) is 0. The standard InChI is InChI=1S/C11H22N2OS/c1-10(2,12)5-4-9(14)13-8-11(15-3)6-7-11/h4-8,12H2,1-3H3,(H,13,14). The van der Waals surface area contributed by atoms with E-state index in [1.165, 1.54) is 12.8 Å². The fourth-order valence-corrected chi connectivity index (χ4v) is 2.10. The number of thioether (sulfide) groups is 1. The molecule has 88 valence electrons. The lowest BCUT2D eigenvalue weighted by atomic mass is 10.00. The van der Waals surface area contributed by atoms with Gasteiger partial charge in [0.2, 0.25) is 5.91 Å². The van der Waals surface area contributed by atoms with Gasteiger partial charge >= 0.3 is 0 Å². The molecule has 0 atom stereocenters. The van der Waals surface area contributed by atoms with Crippen molar-refractivity contribution in [3.63, 3.8) is 0 Å². The van der Waals surface area contributed by atoms with Crippen LogP contribution >= 0.6 is 11.8 Å². The van der Waals surface area contributed by atoms with Gasteiger partial charge in [-0.05, 0) is 39.4 Å². The first-order valence-electron chi connectivity index (χ1n) is 5.48. The van der Waals surface area contributed by atoms with E-state index in [-0.39, 0.29) is 11.4 Å². The Morgan fingerprint density at radius 2 is 2.13 bits per heavy atom. The molecule has 0 aromatic carbocycles. The molecule has 3 N–H and O–H groups in total. The van der Waals surface area contributed by atoms with Crippen LogP contribution in [-0.2, 0) is 4.79 Å². The Bertz CT molecular complexity index is 231. The third-order valence-electron chi connectivity index (χ3n) is 2.84. The number of rotatable bonds is 6. The minimum absolute atomic E-state index is 0.133. The molecule has 1 aliphatic rings. The highest BCUT2D eigenvalue weighted by atomic mass is 32.2. The topological polar surface area (TPSA) is 55.1 Å². The lowest BCUT2D eigenvalue weighted by molar-refractivity contribution is -0.121. The second-order valence-corrected chi connectivity index (χ2v) is 6.43. The summed E-state index contributed by atoms with van der Waals surface area (Å²) in [6.45, 7) is 4.72. The second kappa shape index (κ2) is 4.74. The molecule has 3 nitrogen and oxygen atoms in total. The molecule has 1 amide bonds. The van der Waals surface area contributed by atoms with Gasteiger partial charge in [0.05, 0.1) is 0 Å². The minimum Gasteiger partial charge on any atom is -0.355 e. The molecule has 1 fully saturated rings. The molecule has 1 aliphatic carbocycles. The fourth-order valence-electron chi connectivity index (χ4n) is 1.38. The van der Waals surface area contributed by atoms with Crippen LogP contribution in [0.2, 0.25) is 0 Å². The van der Waals surface area contributed by atoms with Gasteiger partial charge in [-0.1, -0.05) is 0 Å². The van der Waals surface area contributed by atoms with Gasteiger partial charge in [-0.25, -0.2) is 0 Å². The first-order valence-corrected chi connectivity index (χ1v) is 6.70. The predicted octanol–water partition coefficient (Wildman–Crippen LogP) is 1.52. The van der Waals surface area contributed by atoms with E-state index < -0.39 is 0 Å². The highest BCUT2D eigenvalue weighted by Gasteiger charge is 2.41. The van der Waals surface area contributed by atoms with Crippen LogP contribution in [0.5, 0.6) is 0 Å². The van der Waals surface area contributed by atoms with Gasteiger partial charge in [-0.3, -0.25) is 4.79 Å². The number of hydrogen-bond donors (Lipinski definition) is 2. The zero-order chi connectivity index (χ0) is 11.5. The van der Waals surface area contributed by atoms with Gasteiger partial charge in [-0.2, -0.15) is 11.8 Å². The third-order valence-corrected chi connectivity index (χ3v) is 4.26. The van der Waals surface area contributed by atoms with Gasteiger partial charge < -0.3 is 11.1 Å². The molecular formula is C11H22N2OS. The summed E-state index contributed by atoms with van der Waals surface area (Å²) < 4.78 is 0.355. The number of carbonyl (C=O) groups excluding carboxylic acids is 1. The number of carbonyl (C=O) groups is 1. The van der Waals surface area contributed by atoms with Crippen LogP contribution in [-0.4, -0.2) is 29.0 Å². The summed E-state index contributed by atoms with van der Waals surface area (Å²) in [7, 11) is 0. The molecule has 1 saturated carbocycles. The summed E-state index contributed by atoms with van der Waals surface area (Å²) in [4.78, 5) is 11.5. The van der Waals surface area contributed by atoms with Crippen molar-refractivity contribution in [3.8, 4) is 0 Å². The Morgan fingerprint density at radius 3 is 2.53 bits per heavy atom. The SMILES string of the molecule is CSC1(CNC(=O)CCC(C)(C)N)CC1. The summed E-state index contributed by atoms with van der Waals surface area (Å²) in [6.07, 6.45) is 5.86. The average Bonchev–Trinajstić information content (AvgIpc) is 2.91. The summed E-state index contributed by atoms with van der Waals surface area (Å²) in [5, 5.41) is 2.99. The van der Waals surface area contributed by atoms with Crippen molar-refractivity contribution in [3.05, 3.63) is 0 Å². The van der Waals surface area contributed by atoms with E-state index in [0.717, 1.165) is 13.0 Å². The van der Waals surface area contributed by atoms with Crippen molar-refractivity contribution in [1.29, 1.82) is 0 Å². The first kappa shape index (κ1) is 12.8. The van der Waals surface area contributed by atoms with Crippen molar-refractivity contribution in [2.75, 3.05) is 12.8 Å². The maximum atomic E-state index is 11.5. The van der Waals surface area contributed by atoms with Crippen LogP contribution in [0.25, 0.3) is 0 Å². The van der Waals surface area contributed by atoms with Crippen molar-refractivity contribution in [2.24, 2.45) is 5.73 Å². The van der Waals surface area contributed by atoms with Crippen LogP contribution in [0.4, 0.5) is 0 Å². The zero-order valence-corrected chi connectivity index (χ0v) is 10.7. The molecule has 0 aromatic rings. The van der Waals surface area contributed by atoms with Gasteiger partial charge in [0.15, 0.2) is 0 Å². The lowest BCUT2D eigenvalue weighted by Gasteiger charge is -2.18. The van der Waals surface area contributed by atoms with E-state index in [4.69, 9.17) is 5.73 Å². The van der Waals surface area contributed by atoms with Gasteiger partial charge in [0, 0.05) is 23.3 Å². The number of hydrogen-bond acceptors (Lipinski definition) is 3. The molecule has 0 heterocycles. The van der Waals surface area contributed by atoms with E-state index in [1.54, 1.807) is 0 Å². The van der Waals surface area contributed by atoms with Crippen molar-refractivity contribution < 1.29 is 4.79 Å². The van der Waals surface area contributed by atoms with Crippen molar-refractivity contribution >= 4 is 17.7 Å². The Morgan fingerprint density at radius 1 is 1.53 bits per heavy atom. The van der Waals surface area contributed by atoms with Crippen molar-refractivity contribution in [2.45, 2.75) is 49.8 Å². The Kier molecular flexibility index (Phi) is 4.06. The average molecular weight is 230 g/mol. The quantitative estimate of drug-likeness (QED) is 0.727. The van der Waals surface area contributed by atoms with Crippen LogP contribution < -0.4 is 11.1 Å². The maximum absolute atomic E-state index is 11.5. The van der Waals surface area contributed by atoms with Crippen LogP contribution in [0.1, 0.15) is 39.5 Å². The molecule has 15 heavy (non-hydrogen) atoms. The highest BCUT2D eigenvalue weighted by molar-refractivity contribution is 8.00. The van der Waals surface area contributed by atoms with Gasteiger partial charge in [0.25, 0.3) is 0 Å². The van der Waals surface area contributed by atoms with Crippen LogP contribution in [0, 0.1) is 0 Å². The first-order chi connectivity index (χ1) is 6.87. The molecule has 0 spiro atoms. The Balaban J connectivity index is 2.14. The molecule has 4 heteroatoms. The molecule has 0 radical (unpaired) electrons. The van der Waals surface area contributed by atoms with Crippen molar-refractivity contribution in [1.82, 2.24) is 5.32 Å². The molecule has 0 aliphatic heterocycles. The number of nitrogens with one attached hydrogen (secondary N) is 1. The highest BCUT2D eigenvalue weighted by Crippen LogP contribution is 2.46. The minimum atomic E-state index is -0.242. The van der Waals surface area contributed by atoms with Gasteiger partial charge in [0.1, 0.15) is 0 Å². The Labute approximate surface area is 96.6 Å². The molecular weight excluding hydrogens is 208 g/mol. The van der Waals surface area contributed by atoms with E-state index >= 15 is 0 Å². The van der Waals surface area contributed by atoms with Gasteiger partial charge in [-0.15, -0.1) is 0 Å². The molecule has 0 saturated heterocycles. The smallest absolute Gasteiger partial charge is 0.220 e. The van der Waals surface area contributed by atoms with E-state index in [9.17, 15) is 4.79 Å². The summed E-state index contributed by atoms with van der Waals surface area (Å²) in [5.74, 6) is 0.133. The number of amides is 1. The fraction of sp³-hybridized carbons (Fsp3) is 0.909. The number of nitrogens with two attached hydrogens (primary N) is 1. The van der Waals surface area contributed by atoms with E-state index in [0.29, 0.717) is 11.2 Å². The Hall–Kier alpha value is -0.220. The molecule has 0 aromatic heterocycles. The predicted molar refractivity (Wildman–Crippen MR) is 66.0 cm³/mol. The lowest BCUT2D eigenvalue weighted by Crippen LogP contribution is -2.36. The van der Waals surface area contributed by atoms with Crippen LogP contribution in [0.3, 0.4) is 0 Å². The summed E-state index contributed by atoms with van der Waals surface area (Å²) >= 11 is 1.86. The summed E-state index contributed by atoms with van der Waals surface area (Å²) in [5.41, 5.74) is 5.58. The van der Waals surface area contributed by atoms with Crippen LogP contribution in [0.15, 0.2) is 0 Å². The molecule has 1 rings (SSSR count). The zero-order valence-electron chi connectivity index (χ0n) is 9.93. The second-order valence-electron chi connectivity index (χ2n) is 5.15. The third kappa shape index (κ3) is 4.89.